The maximum Gasteiger partial charge on any atom is 0.256 e. The number of para-hydroxylation sites is 1. The molecule has 0 spiro atoms. The molecule has 4 rings (SSSR count). The Kier molecular flexibility index (Phi) is 2.14. The van der Waals surface area contributed by atoms with Crippen LogP contribution in [0.25, 0.3) is 15.8 Å². The number of hydrogen-bond donors (Lipinski definition) is 1. The Morgan fingerprint density at radius 3 is 2.89 bits per heavy atom. The van der Waals surface area contributed by atoms with Crippen LogP contribution in [0.5, 0.6) is 0 Å². The van der Waals surface area contributed by atoms with Crippen molar-refractivity contribution in [2.45, 2.75) is 11.8 Å². The lowest BCUT2D eigenvalue weighted by atomic mass is 10.1. The molecular formula is C14H10N2O2S. The molecule has 1 aromatic heterocycles. The minimum absolute atomic E-state index is 0.104. The van der Waals surface area contributed by atoms with Crippen LogP contribution in [0.15, 0.2) is 41.3 Å². The lowest BCUT2D eigenvalue weighted by Gasteiger charge is -2.31. The van der Waals surface area contributed by atoms with Crippen molar-refractivity contribution in [2.24, 2.45) is 0 Å². The number of rotatable bonds is 1. The molecule has 0 aliphatic carbocycles. The second-order valence-corrected chi connectivity index (χ2v) is 5.89. The van der Waals surface area contributed by atoms with Gasteiger partial charge in [0, 0.05) is 16.6 Å². The van der Waals surface area contributed by atoms with Crippen molar-refractivity contribution in [3.05, 3.63) is 52.4 Å². The summed E-state index contributed by atoms with van der Waals surface area (Å²) in [5.74, 6) is 0.129. The summed E-state index contributed by atoms with van der Waals surface area (Å²) in [6, 6.07) is 9.58. The van der Waals surface area contributed by atoms with Gasteiger partial charge in [-0.2, -0.15) is 0 Å². The SMILES string of the molecule is O=C1C[C@H]2SC(c3cc4ccccc4[nH]c3=O)=CN12. The molecule has 1 N–H and O–H groups in total. The summed E-state index contributed by atoms with van der Waals surface area (Å²) in [7, 11) is 0. The Morgan fingerprint density at radius 1 is 1.26 bits per heavy atom. The van der Waals surface area contributed by atoms with Crippen molar-refractivity contribution in [1.82, 2.24) is 9.88 Å². The molecule has 1 atom stereocenters. The van der Waals surface area contributed by atoms with Gasteiger partial charge in [-0.05, 0) is 17.5 Å². The van der Waals surface area contributed by atoms with E-state index in [4.69, 9.17) is 0 Å². The van der Waals surface area contributed by atoms with Crippen LogP contribution in [0.3, 0.4) is 0 Å². The van der Waals surface area contributed by atoms with E-state index in [-0.39, 0.29) is 16.8 Å². The van der Waals surface area contributed by atoms with Crippen LogP contribution >= 0.6 is 11.8 Å². The van der Waals surface area contributed by atoms with E-state index in [2.05, 4.69) is 4.98 Å². The zero-order valence-electron chi connectivity index (χ0n) is 9.92. The smallest absolute Gasteiger partial charge is 0.256 e. The van der Waals surface area contributed by atoms with E-state index in [0.717, 1.165) is 15.8 Å². The van der Waals surface area contributed by atoms with Crippen molar-refractivity contribution < 1.29 is 4.79 Å². The van der Waals surface area contributed by atoms with E-state index in [1.54, 1.807) is 22.9 Å². The van der Waals surface area contributed by atoms with Gasteiger partial charge >= 0.3 is 0 Å². The number of nitrogens with one attached hydrogen (secondary N) is 1. The van der Waals surface area contributed by atoms with Crippen molar-refractivity contribution in [3.63, 3.8) is 0 Å². The first kappa shape index (κ1) is 10.9. The number of benzene rings is 1. The molecule has 94 valence electrons. The number of aromatic amines is 1. The molecule has 4 nitrogen and oxygen atoms in total. The van der Waals surface area contributed by atoms with Crippen LogP contribution in [0.1, 0.15) is 12.0 Å². The Balaban J connectivity index is 1.85. The Bertz CT molecular complexity index is 793. The van der Waals surface area contributed by atoms with Crippen molar-refractivity contribution in [3.8, 4) is 0 Å². The molecule has 19 heavy (non-hydrogen) atoms. The average Bonchev–Trinajstić information content (AvgIpc) is 2.75. The number of aromatic nitrogens is 1. The monoisotopic (exact) mass is 270 g/mol. The molecule has 0 saturated carbocycles. The highest BCUT2D eigenvalue weighted by Crippen LogP contribution is 2.45. The molecule has 5 heteroatoms. The number of nitrogens with zero attached hydrogens (tertiary/aromatic N) is 1. The van der Waals surface area contributed by atoms with E-state index in [1.807, 2.05) is 30.3 Å². The third-order valence-electron chi connectivity index (χ3n) is 3.49. The topological polar surface area (TPSA) is 53.2 Å². The predicted molar refractivity (Wildman–Crippen MR) is 75.4 cm³/mol. The number of thioether (sulfide) groups is 1. The molecule has 0 bridgehead atoms. The van der Waals surface area contributed by atoms with Gasteiger partial charge in [-0.15, -0.1) is 0 Å². The fraction of sp³-hybridized carbons (Fsp3) is 0.143. The molecule has 1 saturated heterocycles. The largest absolute Gasteiger partial charge is 0.321 e. The second-order valence-electron chi connectivity index (χ2n) is 4.67. The van der Waals surface area contributed by atoms with Gasteiger partial charge in [0.25, 0.3) is 5.56 Å². The number of H-pyrrole nitrogens is 1. The number of β-lactam (4-membered cyclic amide) rings is 1. The highest BCUT2D eigenvalue weighted by atomic mass is 32.2. The molecule has 2 aliphatic rings. The molecule has 2 aromatic rings. The first-order valence-electron chi connectivity index (χ1n) is 6.04. The first-order chi connectivity index (χ1) is 9.22. The number of hydrogen-bond acceptors (Lipinski definition) is 3. The Labute approximate surface area is 113 Å². The number of carbonyl (C=O) groups excluding carboxylic acids is 1. The van der Waals surface area contributed by atoms with E-state index in [0.29, 0.717) is 12.0 Å². The molecule has 2 aliphatic heterocycles. The standard InChI is InChI=1S/C14H10N2O2S/c17-12-6-13-16(12)7-11(19-13)9-5-8-3-1-2-4-10(8)15-14(9)18/h1-5,7,13H,6H2,(H,15,18)/t13-/m1/s1. The van der Waals surface area contributed by atoms with Gasteiger partial charge in [-0.25, -0.2) is 0 Å². The van der Waals surface area contributed by atoms with Crippen molar-refractivity contribution >= 4 is 33.5 Å². The number of fused-ring (bicyclic) bond motifs is 2. The van der Waals surface area contributed by atoms with Gasteiger partial charge in [0.15, 0.2) is 0 Å². The average molecular weight is 270 g/mol. The third kappa shape index (κ3) is 1.55. The molecule has 1 fully saturated rings. The van der Waals surface area contributed by atoms with Crippen LogP contribution in [0.4, 0.5) is 0 Å². The van der Waals surface area contributed by atoms with Gasteiger partial charge in [0.05, 0.1) is 17.4 Å². The third-order valence-corrected chi connectivity index (χ3v) is 4.73. The summed E-state index contributed by atoms with van der Waals surface area (Å²) in [5.41, 5.74) is 1.37. The molecule has 0 unspecified atom stereocenters. The Hall–Kier alpha value is -2.01. The summed E-state index contributed by atoms with van der Waals surface area (Å²) < 4.78 is 0. The minimum Gasteiger partial charge on any atom is -0.321 e. The van der Waals surface area contributed by atoms with Crippen LogP contribution in [-0.2, 0) is 4.79 Å². The summed E-state index contributed by atoms with van der Waals surface area (Å²) in [6.07, 6.45) is 2.36. The van der Waals surface area contributed by atoms with Crippen LogP contribution in [0.2, 0.25) is 0 Å². The number of amides is 1. The lowest BCUT2D eigenvalue weighted by molar-refractivity contribution is -0.137. The lowest BCUT2D eigenvalue weighted by Crippen LogP contribution is -2.44. The van der Waals surface area contributed by atoms with Gasteiger partial charge in [-0.1, -0.05) is 30.0 Å². The van der Waals surface area contributed by atoms with Crippen molar-refractivity contribution in [1.29, 1.82) is 0 Å². The summed E-state index contributed by atoms with van der Waals surface area (Å²) in [5, 5.41) is 1.19. The number of pyridine rings is 1. The maximum absolute atomic E-state index is 12.1. The fourth-order valence-electron chi connectivity index (χ4n) is 2.42. The van der Waals surface area contributed by atoms with Gasteiger partial charge in [0.2, 0.25) is 5.91 Å². The highest BCUT2D eigenvalue weighted by Gasteiger charge is 2.41. The van der Waals surface area contributed by atoms with Crippen LogP contribution < -0.4 is 5.56 Å². The Morgan fingerprint density at radius 2 is 2.11 bits per heavy atom. The van der Waals surface area contributed by atoms with Gasteiger partial charge in [0.1, 0.15) is 0 Å². The second kappa shape index (κ2) is 3.74. The summed E-state index contributed by atoms with van der Waals surface area (Å²) in [6.45, 7) is 0. The van der Waals surface area contributed by atoms with Gasteiger partial charge < -0.3 is 9.88 Å². The zero-order valence-corrected chi connectivity index (χ0v) is 10.7. The van der Waals surface area contributed by atoms with Crippen LogP contribution in [0, 0.1) is 0 Å². The van der Waals surface area contributed by atoms with E-state index in [9.17, 15) is 9.59 Å². The first-order valence-corrected chi connectivity index (χ1v) is 6.92. The minimum atomic E-state index is -0.104. The predicted octanol–water partition coefficient (Wildman–Crippen LogP) is 2.13. The molecule has 0 radical (unpaired) electrons. The number of carbonyl (C=O) groups is 1. The zero-order chi connectivity index (χ0) is 13.0. The highest BCUT2D eigenvalue weighted by molar-refractivity contribution is 8.09. The van der Waals surface area contributed by atoms with E-state index >= 15 is 0 Å². The van der Waals surface area contributed by atoms with E-state index < -0.39 is 0 Å². The van der Waals surface area contributed by atoms with Crippen molar-refractivity contribution in [2.75, 3.05) is 0 Å². The maximum atomic E-state index is 12.1. The molecule has 3 heterocycles. The molecule has 1 aromatic carbocycles. The quantitative estimate of drug-likeness (QED) is 0.808. The summed E-state index contributed by atoms with van der Waals surface area (Å²) >= 11 is 1.59. The fourth-order valence-corrected chi connectivity index (χ4v) is 3.69. The van der Waals surface area contributed by atoms with Crippen LogP contribution in [-0.4, -0.2) is 21.2 Å². The molecular weight excluding hydrogens is 260 g/mol. The molecule has 1 amide bonds. The summed E-state index contributed by atoms with van der Waals surface area (Å²) in [4.78, 5) is 29.0. The van der Waals surface area contributed by atoms with E-state index in [1.165, 1.54) is 0 Å². The normalized spacial score (nSPS) is 21.3. The van der Waals surface area contributed by atoms with Gasteiger partial charge in [-0.3, -0.25) is 9.59 Å².